The molecule has 0 heterocycles. The second kappa shape index (κ2) is 15.6. The fourth-order valence-corrected chi connectivity index (χ4v) is 6.03. The van der Waals surface area contributed by atoms with E-state index in [0.29, 0.717) is 6.61 Å². The van der Waals surface area contributed by atoms with Crippen LogP contribution in [0.15, 0.2) is 78.9 Å². The minimum absolute atomic E-state index is 0.673. The number of unbranched alkanes of at least 4 members (excludes halogenated alkanes) is 1. The average Bonchev–Trinajstić information content (AvgIpc) is 3.03. The zero-order valence-electron chi connectivity index (χ0n) is 26.7. The molecule has 0 aromatic heterocycles. The molecule has 0 saturated heterocycles. The van der Waals surface area contributed by atoms with Crippen molar-refractivity contribution < 1.29 is 9.73 Å². The van der Waals surface area contributed by atoms with E-state index in [4.69, 9.17) is 4.74 Å². The van der Waals surface area contributed by atoms with Gasteiger partial charge in [-0.3, -0.25) is 0 Å². The maximum absolute atomic E-state index is 5.31. The molecular formula is C38H50N3O+. The van der Waals surface area contributed by atoms with Gasteiger partial charge in [0.15, 0.2) is 6.54 Å². The third-order valence-corrected chi connectivity index (χ3v) is 8.39. The fraction of sp³-hybridized carbons (Fsp3) is 0.395. The van der Waals surface area contributed by atoms with Crippen LogP contribution in [0.25, 0.3) is 11.1 Å². The molecule has 222 valence electrons. The first-order chi connectivity index (χ1) is 20.6. The van der Waals surface area contributed by atoms with Crippen molar-refractivity contribution in [2.24, 2.45) is 0 Å². The number of benzene rings is 3. The molecule has 0 aliphatic heterocycles. The van der Waals surface area contributed by atoms with Crippen molar-refractivity contribution in [2.45, 2.75) is 53.9 Å². The Morgan fingerprint density at radius 3 is 2.02 bits per heavy atom. The summed E-state index contributed by atoms with van der Waals surface area (Å²) in [6.45, 7) is 16.7. The van der Waals surface area contributed by atoms with Crippen LogP contribution in [0.1, 0.15) is 75.3 Å². The van der Waals surface area contributed by atoms with Crippen molar-refractivity contribution in [3.8, 4) is 0 Å². The molecule has 1 aliphatic rings. The smallest absolute Gasteiger partial charge is 0.206 e. The highest BCUT2D eigenvalue weighted by atomic mass is 16.5. The third kappa shape index (κ3) is 7.04. The van der Waals surface area contributed by atoms with Crippen LogP contribution in [0.4, 0.5) is 11.4 Å². The van der Waals surface area contributed by atoms with Crippen LogP contribution in [0.5, 0.6) is 0 Å². The minimum Gasteiger partial charge on any atom is -0.378 e. The summed E-state index contributed by atoms with van der Waals surface area (Å²) >= 11 is 0. The summed E-state index contributed by atoms with van der Waals surface area (Å²) in [6, 6.07) is 25.2. The van der Waals surface area contributed by atoms with Gasteiger partial charge >= 0.3 is 0 Å². The molecule has 4 rings (SSSR count). The van der Waals surface area contributed by atoms with Crippen molar-refractivity contribution in [1.82, 2.24) is 0 Å². The number of hydrogen-bond donors (Lipinski definition) is 1. The molecule has 0 fully saturated rings. The maximum atomic E-state index is 5.31. The van der Waals surface area contributed by atoms with Crippen LogP contribution < -0.4 is 14.8 Å². The molecular weight excluding hydrogens is 514 g/mol. The summed E-state index contributed by atoms with van der Waals surface area (Å²) in [5.74, 6) is 0. The van der Waals surface area contributed by atoms with Gasteiger partial charge < -0.3 is 14.5 Å². The van der Waals surface area contributed by atoms with Crippen LogP contribution in [0, 0.1) is 0 Å². The Balaban J connectivity index is 1.98. The first-order valence-corrected chi connectivity index (χ1v) is 15.9. The second-order valence-electron chi connectivity index (χ2n) is 10.8. The van der Waals surface area contributed by atoms with Crippen LogP contribution in [0.2, 0.25) is 0 Å². The number of aryl methyl sites for hydroxylation is 1. The van der Waals surface area contributed by atoms with E-state index in [1.165, 1.54) is 63.2 Å². The zero-order valence-corrected chi connectivity index (χ0v) is 26.7. The quantitative estimate of drug-likeness (QED) is 0.219. The summed E-state index contributed by atoms with van der Waals surface area (Å²) in [4.78, 5) is 8.45. The molecule has 0 atom stereocenters. The Labute approximate surface area is 254 Å². The van der Waals surface area contributed by atoms with E-state index in [9.17, 15) is 0 Å². The number of methoxy groups -OCH3 is 1. The first kappa shape index (κ1) is 31.3. The van der Waals surface area contributed by atoms with Gasteiger partial charge in [-0.25, -0.2) is 4.99 Å². The van der Waals surface area contributed by atoms with E-state index in [0.717, 1.165) is 44.9 Å². The van der Waals surface area contributed by atoms with Crippen LogP contribution in [0.3, 0.4) is 0 Å². The average molecular weight is 565 g/mol. The van der Waals surface area contributed by atoms with E-state index < -0.39 is 0 Å². The van der Waals surface area contributed by atoms with Crippen LogP contribution >= 0.6 is 0 Å². The lowest BCUT2D eigenvalue weighted by Gasteiger charge is -2.26. The second-order valence-corrected chi connectivity index (χ2v) is 10.8. The summed E-state index contributed by atoms with van der Waals surface area (Å²) in [5.41, 5.74) is 12.8. The predicted molar refractivity (Wildman–Crippen MR) is 182 cm³/mol. The van der Waals surface area contributed by atoms with Gasteiger partial charge in [0.1, 0.15) is 6.61 Å². The van der Waals surface area contributed by atoms with E-state index in [1.807, 2.05) is 0 Å². The molecule has 4 heteroatoms. The maximum Gasteiger partial charge on any atom is 0.206 e. The highest BCUT2D eigenvalue weighted by Gasteiger charge is 2.24. The van der Waals surface area contributed by atoms with Crippen molar-refractivity contribution in [2.75, 3.05) is 56.2 Å². The summed E-state index contributed by atoms with van der Waals surface area (Å²) in [6.07, 6.45) is 7.97. The number of allylic oxidation sites excluding steroid dienone is 3. The van der Waals surface area contributed by atoms with Gasteiger partial charge in [-0.2, -0.15) is 0 Å². The lowest BCUT2D eigenvalue weighted by molar-refractivity contribution is -0.459. The summed E-state index contributed by atoms with van der Waals surface area (Å²) < 4.78 is 5.31. The number of nitrogens with one attached hydrogen (secondary N) is 1. The lowest BCUT2D eigenvalue weighted by atomic mass is 9.81. The Morgan fingerprint density at radius 1 is 0.738 bits per heavy atom. The van der Waals surface area contributed by atoms with Crippen molar-refractivity contribution in [1.29, 1.82) is 0 Å². The highest BCUT2D eigenvalue weighted by molar-refractivity contribution is 6.17. The monoisotopic (exact) mass is 564 g/mol. The molecule has 0 radical (unpaired) electrons. The number of ether oxygens (including phenoxy) is 1. The molecule has 0 bridgehead atoms. The van der Waals surface area contributed by atoms with Crippen LogP contribution in [-0.2, 0) is 11.2 Å². The van der Waals surface area contributed by atoms with Gasteiger partial charge in [-0.05, 0) is 110 Å². The minimum atomic E-state index is 0.673. The summed E-state index contributed by atoms with van der Waals surface area (Å²) in [7, 11) is 1.75. The molecule has 0 spiro atoms. The molecule has 42 heavy (non-hydrogen) atoms. The van der Waals surface area contributed by atoms with E-state index in [-0.39, 0.29) is 0 Å². The molecule has 1 aliphatic carbocycles. The standard InChI is InChI=1S/C38H49N3O/c1-7-12-15-30-28-32(41(10-4)11-5)22-23-33(30)38(29-18-20-31(21-19-29)40(8-2)9-3)36-24-25-37(39-26-27-42-6)35-17-14-13-16-34(35)36/h13-14,16-25,28H,7-12,15,26-27H2,1-6H3/p+1/b38-36+,39-37?. The fourth-order valence-electron chi connectivity index (χ4n) is 6.03. The predicted octanol–water partition coefficient (Wildman–Crippen LogP) is 6.77. The number of rotatable bonds is 14. The SMILES string of the molecule is CCCCc1cc(N(CC)CC)ccc1/C(=C1\C=CC(=[NH+]CCOC)c2ccccc21)c1ccc(N(CC)CC)cc1. The summed E-state index contributed by atoms with van der Waals surface area (Å²) in [5, 5.41) is 0. The Hall–Kier alpha value is -3.63. The van der Waals surface area contributed by atoms with Crippen molar-refractivity contribution in [3.63, 3.8) is 0 Å². The van der Waals surface area contributed by atoms with Crippen molar-refractivity contribution in [3.05, 3.63) is 107 Å². The van der Waals surface area contributed by atoms with Gasteiger partial charge in [0.25, 0.3) is 0 Å². The Morgan fingerprint density at radius 2 is 1.38 bits per heavy atom. The molecule has 3 aromatic rings. The van der Waals surface area contributed by atoms with Gasteiger partial charge in [0, 0.05) is 50.7 Å². The van der Waals surface area contributed by atoms with Gasteiger partial charge in [0.2, 0.25) is 5.71 Å². The van der Waals surface area contributed by atoms with E-state index in [1.54, 1.807) is 7.11 Å². The molecule has 0 saturated carbocycles. The van der Waals surface area contributed by atoms with E-state index in [2.05, 4.69) is 128 Å². The normalized spacial score (nSPS) is 14.7. The van der Waals surface area contributed by atoms with Gasteiger partial charge in [-0.15, -0.1) is 0 Å². The topological polar surface area (TPSA) is 29.7 Å². The Kier molecular flexibility index (Phi) is 11.6. The third-order valence-electron chi connectivity index (χ3n) is 8.39. The molecule has 1 N–H and O–H groups in total. The van der Waals surface area contributed by atoms with E-state index >= 15 is 0 Å². The largest absolute Gasteiger partial charge is 0.378 e. The Bertz CT molecular complexity index is 1390. The zero-order chi connectivity index (χ0) is 29.9. The van der Waals surface area contributed by atoms with Crippen LogP contribution in [-0.4, -0.2) is 52.2 Å². The highest BCUT2D eigenvalue weighted by Crippen LogP contribution is 2.39. The van der Waals surface area contributed by atoms with Gasteiger partial charge in [0.05, 0.1) is 5.56 Å². The molecule has 3 aromatic carbocycles. The molecule has 0 unspecified atom stereocenters. The molecule has 4 nitrogen and oxygen atoms in total. The number of hydrogen-bond acceptors (Lipinski definition) is 3. The van der Waals surface area contributed by atoms with Crippen molar-refractivity contribution >= 4 is 28.2 Å². The lowest BCUT2D eigenvalue weighted by Crippen LogP contribution is -2.74. The number of nitrogens with zero attached hydrogens (tertiary/aromatic N) is 2. The molecule has 0 amide bonds. The first-order valence-electron chi connectivity index (χ1n) is 15.9. The van der Waals surface area contributed by atoms with Gasteiger partial charge in [-0.1, -0.05) is 49.7 Å². The number of anilines is 2. The number of fused-ring (bicyclic) bond motifs is 1.